The zero-order valence-electron chi connectivity index (χ0n) is 11.9. The number of hydrogen-bond acceptors (Lipinski definition) is 4. The fourth-order valence-corrected chi connectivity index (χ4v) is 1.62. The molecule has 0 saturated carbocycles. The first-order valence-electron chi connectivity index (χ1n) is 6.60. The molecule has 1 atom stereocenters. The summed E-state index contributed by atoms with van der Waals surface area (Å²) in [6.07, 6.45) is -0.127. The van der Waals surface area contributed by atoms with E-state index in [-0.39, 0.29) is 37.4 Å². The van der Waals surface area contributed by atoms with Crippen LogP contribution in [0.3, 0.4) is 0 Å². The predicted molar refractivity (Wildman–Crippen MR) is 76.2 cm³/mol. The molecular formula is C14H20FN3O3. The molecule has 0 bridgehead atoms. The molecular weight excluding hydrogens is 277 g/mol. The summed E-state index contributed by atoms with van der Waals surface area (Å²) in [5, 5.41) is 5.27. The molecule has 0 radical (unpaired) electrons. The van der Waals surface area contributed by atoms with Crippen molar-refractivity contribution in [3.63, 3.8) is 0 Å². The van der Waals surface area contributed by atoms with E-state index in [9.17, 15) is 14.0 Å². The van der Waals surface area contributed by atoms with Gasteiger partial charge in [0.25, 0.3) is 5.91 Å². The molecule has 2 amide bonds. The number of benzene rings is 1. The van der Waals surface area contributed by atoms with Crippen molar-refractivity contribution in [2.45, 2.75) is 12.5 Å². The SMILES string of the molecule is COC(CN)CC(=O)NCCNC(=O)c1ccc(F)cc1. The van der Waals surface area contributed by atoms with Crippen LogP contribution >= 0.6 is 0 Å². The van der Waals surface area contributed by atoms with Crippen molar-refractivity contribution in [1.82, 2.24) is 10.6 Å². The number of nitrogens with one attached hydrogen (secondary N) is 2. The predicted octanol–water partition coefficient (Wildman–Crippen LogP) is 0.0355. The van der Waals surface area contributed by atoms with Crippen LogP contribution in [0.5, 0.6) is 0 Å². The average molecular weight is 297 g/mol. The second kappa shape index (κ2) is 9.04. The lowest BCUT2D eigenvalue weighted by molar-refractivity contribution is -0.123. The molecule has 0 saturated heterocycles. The third kappa shape index (κ3) is 6.33. The van der Waals surface area contributed by atoms with Crippen LogP contribution in [0.4, 0.5) is 4.39 Å². The van der Waals surface area contributed by atoms with Crippen LogP contribution in [0, 0.1) is 5.82 Å². The maximum absolute atomic E-state index is 12.7. The number of amides is 2. The van der Waals surface area contributed by atoms with Gasteiger partial charge in [-0.3, -0.25) is 9.59 Å². The van der Waals surface area contributed by atoms with Gasteiger partial charge >= 0.3 is 0 Å². The summed E-state index contributed by atoms with van der Waals surface area (Å²) in [5.74, 6) is -0.907. The fourth-order valence-electron chi connectivity index (χ4n) is 1.62. The van der Waals surface area contributed by atoms with E-state index in [0.29, 0.717) is 12.1 Å². The first-order chi connectivity index (χ1) is 10.1. The lowest BCUT2D eigenvalue weighted by Crippen LogP contribution is -2.37. The summed E-state index contributed by atoms with van der Waals surface area (Å²) in [6.45, 7) is 0.847. The summed E-state index contributed by atoms with van der Waals surface area (Å²) in [4.78, 5) is 23.2. The number of carbonyl (C=O) groups excluding carboxylic acids is 2. The highest BCUT2D eigenvalue weighted by Crippen LogP contribution is 2.02. The zero-order chi connectivity index (χ0) is 15.7. The van der Waals surface area contributed by atoms with E-state index in [0.717, 1.165) is 0 Å². The van der Waals surface area contributed by atoms with Gasteiger partial charge in [0.2, 0.25) is 5.91 Å². The van der Waals surface area contributed by atoms with Crippen molar-refractivity contribution in [3.8, 4) is 0 Å². The van der Waals surface area contributed by atoms with Gasteiger partial charge in [-0.05, 0) is 24.3 Å². The topological polar surface area (TPSA) is 93.4 Å². The Morgan fingerprint density at radius 2 is 1.86 bits per heavy atom. The highest BCUT2D eigenvalue weighted by Gasteiger charge is 2.11. The van der Waals surface area contributed by atoms with Gasteiger partial charge in [0, 0.05) is 32.3 Å². The number of methoxy groups -OCH3 is 1. The molecule has 6 nitrogen and oxygen atoms in total. The summed E-state index contributed by atoms with van der Waals surface area (Å²) in [5.41, 5.74) is 5.78. The van der Waals surface area contributed by atoms with Crippen molar-refractivity contribution in [2.24, 2.45) is 5.73 Å². The van der Waals surface area contributed by atoms with E-state index in [4.69, 9.17) is 10.5 Å². The van der Waals surface area contributed by atoms with E-state index in [2.05, 4.69) is 10.6 Å². The second-order valence-corrected chi connectivity index (χ2v) is 4.41. The average Bonchev–Trinajstić information content (AvgIpc) is 2.49. The molecule has 0 aliphatic rings. The molecule has 0 aromatic heterocycles. The summed E-state index contributed by atoms with van der Waals surface area (Å²) < 4.78 is 17.7. The van der Waals surface area contributed by atoms with E-state index in [1.165, 1.54) is 31.4 Å². The molecule has 116 valence electrons. The van der Waals surface area contributed by atoms with Gasteiger partial charge in [0.1, 0.15) is 5.82 Å². The third-order valence-corrected chi connectivity index (χ3v) is 2.85. The van der Waals surface area contributed by atoms with Gasteiger partial charge in [-0.15, -0.1) is 0 Å². The largest absolute Gasteiger partial charge is 0.380 e. The quantitative estimate of drug-likeness (QED) is 0.590. The molecule has 1 rings (SSSR count). The molecule has 1 aromatic rings. The molecule has 0 aliphatic carbocycles. The Labute approximate surface area is 122 Å². The minimum atomic E-state index is -0.397. The van der Waals surface area contributed by atoms with Crippen LogP contribution in [0.1, 0.15) is 16.8 Å². The molecule has 1 aromatic carbocycles. The van der Waals surface area contributed by atoms with Gasteiger partial charge < -0.3 is 21.1 Å². The third-order valence-electron chi connectivity index (χ3n) is 2.85. The first-order valence-corrected chi connectivity index (χ1v) is 6.60. The molecule has 4 N–H and O–H groups in total. The van der Waals surface area contributed by atoms with Crippen molar-refractivity contribution < 1.29 is 18.7 Å². The van der Waals surface area contributed by atoms with Crippen molar-refractivity contribution >= 4 is 11.8 Å². The number of halogens is 1. The maximum atomic E-state index is 12.7. The Morgan fingerprint density at radius 3 is 2.43 bits per heavy atom. The van der Waals surface area contributed by atoms with Crippen LogP contribution < -0.4 is 16.4 Å². The smallest absolute Gasteiger partial charge is 0.251 e. The molecule has 0 aliphatic heterocycles. The van der Waals surface area contributed by atoms with E-state index in [1.807, 2.05) is 0 Å². The lowest BCUT2D eigenvalue weighted by Gasteiger charge is -2.12. The van der Waals surface area contributed by atoms with Crippen molar-refractivity contribution in [1.29, 1.82) is 0 Å². The van der Waals surface area contributed by atoms with Crippen molar-refractivity contribution in [2.75, 3.05) is 26.7 Å². The molecule has 21 heavy (non-hydrogen) atoms. The molecule has 7 heteroatoms. The monoisotopic (exact) mass is 297 g/mol. The van der Waals surface area contributed by atoms with Gasteiger partial charge in [-0.2, -0.15) is 0 Å². The zero-order valence-corrected chi connectivity index (χ0v) is 11.9. The van der Waals surface area contributed by atoms with Gasteiger partial charge in [0.05, 0.1) is 12.5 Å². The Hall–Kier alpha value is -1.99. The number of nitrogens with two attached hydrogens (primary N) is 1. The first kappa shape index (κ1) is 17.1. The van der Waals surface area contributed by atoms with Crippen LogP contribution in [0.15, 0.2) is 24.3 Å². The van der Waals surface area contributed by atoms with E-state index >= 15 is 0 Å². The van der Waals surface area contributed by atoms with E-state index < -0.39 is 5.82 Å². The second-order valence-electron chi connectivity index (χ2n) is 4.41. The van der Waals surface area contributed by atoms with Crippen LogP contribution in [-0.4, -0.2) is 44.7 Å². The van der Waals surface area contributed by atoms with Crippen LogP contribution in [-0.2, 0) is 9.53 Å². The van der Waals surface area contributed by atoms with Crippen LogP contribution in [0.25, 0.3) is 0 Å². The number of hydrogen-bond donors (Lipinski definition) is 3. The van der Waals surface area contributed by atoms with Gasteiger partial charge in [-0.1, -0.05) is 0 Å². The maximum Gasteiger partial charge on any atom is 0.251 e. The van der Waals surface area contributed by atoms with E-state index in [1.54, 1.807) is 0 Å². The fraction of sp³-hybridized carbons (Fsp3) is 0.429. The van der Waals surface area contributed by atoms with Crippen molar-refractivity contribution in [3.05, 3.63) is 35.6 Å². The highest BCUT2D eigenvalue weighted by atomic mass is 19.1. The van der Waals surface area contributed by atoms with Gasteiger partial charge in [-0.25, -0.2) is 4.39 Å². The normalized spacial score (nSPS) is 11.8. The molecule has 0 fully saturated rings. The Morgan fingerprint density at radius 1 is 1.24 bits per heavy atom. The van der Waals surface area contributed by atoms with Gasteiger partial charge in [0.15, 0.2) is 0 Å². The molecule has 0 heterocycles. The summed E-state index contributed by atoms with van der Waals surface area (Å²) in [6, 6.07) is 5.23. The number of ether oxygens (including phenoxy) is 1. The summed E-state index contributed by atoms with van der Waals surface area (Å²) in [7, 11) is 1.49. The minimum absolute atomic E-state index is 0.179. The lowest BCUT2D eigenvalue weighted by atomic mass is 10.2. The number of carbonyl (C=O) groups is 2. The Balaban J connectivity index is 2.23. The Kier molecular flexibility index (Phi) is 7.34. The highest BCUT2D eigenvalue weighted by molar-refractivity contribution is 5.94. The minimum Gasteiger partial charge on any atom is -0.380 e. The number of rotatable bonds is 8. The summed E-state index contributed by atoms with van der Waals surface area (Å²) >= 11 is 0. The standard InChI is InChI=1S/C14H20FN3O3/c1-21-12(9-16)8-13(19)17-6-7-18-14(20)10-2-4-11(15)5-3-10/h2-5,12H,6-9,16H2,1H3,(H,17,19)(H,18,20). The molecule has 1 unspecified atom stereocenters. The Bertz CT molecular complexity index is 461. The molecule has 0 spiro atoms. The van der Waals surface area contributed by atoms with Crippen LogP contribution in [0.2, 0.25) is 0 Å².